The lowest BCUT2D eigenvalue weighted by Crippen LogP contribution is -2.40. The van der Waals surface area contributed by atoms with Crippen LogP contribution in [0.4, 0.5) is 11.6 Å². The van der Waals surface area contributed by atoms with Gasteiger partial charge in [0.05, 0.1) is 5.02 Å². The molecule has 0 saturated heterocycles. The SMILES string of the molecule is Cc1cnc(NCCN(C(C)C)C(C)C)c(Cl)c1.Nc1nccc2cc(CNC=O)ccc12. The summed E-state index contributed by atoms with van der Waals surface area (Å²) < 4.78 is 0. The van der Waals surface area contributed by atoms with Gasteiger partial charge in [0.25, 0.3) is 0 Å². The summed E-state index contributed by atoms with van der Waals surface area (Å²) >= 11 is 6.13. The number of pyridine rings is 2. The van der Waals surface area contributed by atoms with E-state index >= 15 is 0 Å². The third-order valence-electron chi connectivity index (χ3n) is 5.22. The normalized spacial score (nSPS) is 10.9. The molecular formula is C25H35ClN6O. The molecule has 3 aromatic rings. The van der Waals surface area contributed by atoms with Gasteiger partial charge in [0, 0.05) is 49.5 Å². The first-order valence-corrected chi connectivity index (χ1v) is 11.5. The van der Waals surface area contributed by atoms with Crippen LogP contribution in [0.2, 0.25) is 5.02 Å². The number of aromatic nitrogens is 2. The fraction of sp³-hybridized carbons (Fsp3) is 0.400. The molecular weight excluding hydrogens is 436 g/mol. The second kappa shape index (κ2) is 13.0. The van der Waals surface area contributed by atoms with E-state index in [0.29, 0.717) is 35.9 Å². The van der Waals surface area contributed by atoms with Crippen molar-refractivity contribution in [3.63, 3.8) is 0 Å². The zero-order valence-corrected chi connectivity index (χ0v) is 20.9. The van der Waals surface area contributed by atoms with Crippen LogP contribution in [0.1, 0.15) is 38.8 Å². The molecule has 0 spiro atoms. The van der Waals surface area contributed by atoms with Crippen LogP contribution in [-0.4, -0.2) is 46.5 Å². The summed E-state index contributed by atoms with van der Waals surface area (Å²) in [4.78, 5) is 20.9. The van der Waals surface area contributed by atoms with E-state index in [0.717, 1.165) is 40.8 Å². The summed E-state index contributed by atoms with van der Waals surface area (Å²) in [7, 11) is 0. The predicted octanol–water partition coefficient (Wildman–Crippen LogP) is 4.64. The Bertz CT molecular complexity index is 1030. The molecule has 3 rings (SSSR count). The Hall–Kier alpha value is -2.90. The lowest BCUT2D eigenvalue weighted by molar-refractivity contribution is -0.109. The Balaban J connectivity index is 0.000000237. The summed E-state index contributed by atoms with van der Waals surface area (Å²) in [6, 6.07) is 10.8. The largest absolute Gasteiger partial charge is 0.383 e. The van der Waals surface area contributed by atoms with Crippen molar-refractivity contribution in [2.75, 3.05) is 24.1 Å². The second-order valence-corrected chi connectivity index (χ2v) is 8.85. The number of anilines is 2. The molecule has 178 valence electrons. The molecule has 0 fully saturated rings. The Morgan fingerprint density at radius 3 is 2.48 bits per heavy atom. The lowest BCUT2D eigenvalue weighted by atomic mass is 10.1. The van der Waals surface area contributed by atoms with Gasteiger partial charge in [-0.1, -0.05) is 23.7 Å². The monoisotopic (exact) mass is 470 g/mol. The summed E-state index contributed by atoms with van der Waals surface area (Å²) in [5, 5.41) is 8.57. The molecule has 0 saturated carbocycles. The number of nitrogen functional groups attached to an aromatic ring is 1. The maximum Gasteiger partial charge on any atom is 0.207 e. The molecule has 1 amide bonds. The number of fused-ring (bicyclic) bond motifs is 1. The molecule has 0 aliphatic carbocycles. The molecule has 0 bridgehead atoms. The number of aryl methyl sites for hydroxylation is 1. The zero-order valence-electron chi connectivity index (χ0n) is 20.1. The van der Waals surface area contributed by atoms with Crippen LogP contribution in [0, 0.1) is 6.92 Å². The van der Waals surface area contributed by atoms with E-state index in [1.807, 2.05) is 43.5 Å². The zero-order chi connectivity index (χ0) is 24.4. The van der Waals surface area contributed by atoms with Crippen molar-refractivity contribution < 1.29 is 4.79 Å². The first kappa shape index (κ1) is 26.4. The molecule has 0 radical (unpaired) electrons. The number of benzene rings is 1. The molecule has 0 unspecified atom stereocenters. The van der Waals surface area contributed by atoms with E-state index < -0.39 is 0 Å². The number of rotatable bonds is 9. The number of nitrogens with one attached hydrogen (secondary N) is 2. The lowest BCUT2D eigenvalue weighted by Gasteiger charge is -2.30. The highest BCUT2D eigenvalue weighted by molar-refractivity contribution is 6.32. The van der Waals surface area contributed by atoms with Crippen LogP contribution < -0.4 is 16.4 Å². The van der Waals surface area contributed by atoms with Gasteiger partial charge in [-0.2, -0.15) is 0 Å². The van der Waals surface area contributed by atoms with Crippen molar-refractivity contribution in [2.45, 2.75) is 53.2 Å². The minimum absolute atomic E-state index is 0.529. The molecule has 7 nitrogen and oxygen atoms in total. The third kappa shape index (κ3) is 8.18. The fourth-order valence-electron chi connectivity index (χ4n) is 3.60. The van der Waals surface area contributed by atoms with Gasteiger partial charge in [0.1, 0.15) is 11.6 Å². The number of carbonyl (C=O) groups excluding carboxylic acids is 1. The summed E-state index contributed by atoms with van der Waals surface area (Å²) in [6.45, 7) is 13.2. The van der Waals surface area contributed by atoms with Gasteiger partial charge in [-0.15, -0.1) is 0 Å². The van der Waals surface area contributed by atoms with Gasteiger partial charge in [0.15, 0.2) is 0 Å². The van der Waals surface area contributed by atoms with Gasteiger partial charge in [-0.05, 0) is 69.3 Å². The van der Waals surface area contributed by atoms with Crippen LogP contribution in [0.15, 0.2) is 42.7 Å². The van der Waals surface area contributed by atoms with Crippen molar-refractivity contribution in [1.29, 1.82) is 0 Å². The van der Waals surface area contributed by atoms with E-state index in [2.05, 4.69) is 53.2 Å². The van der Waals surface area contributed by atoms with Gasteiger partial charge in [0.2, 0.25) is 6.41 Å². The van der Waals surface area contributed by atoms with E-state index in [1.54, 1.807) is 6.20 Å². The van der Waals surface area contributed by atoms with Crippen molar-refractivity contribution in [3.8, 4) is 0 Å². The standard InChI is InChI=1S/C14H24ClN3.C11H11N3O/c1-10(2)18(11(3)4)7-6-16-14-13(15)8-12(5)9-17-14;12-11-10-2-1-8(6-13-7-15)5-9(10)3-4-14-11/h8-11H,6-7H2,1-5H3,(H,16,17);1-5,7H,6H2,(H2,12,14)(H,13,15). The number of nitrogens with two attached hydrogens (primary N) is 1. The smallest absolute Gasteiger partial charge is 0.207 e. The van der Waals surface area contributed by atoms with Crippen molar-refractivity contribution >= 4 is 40.4 Å². The van der Waals surface area contributed by atoms with Crippen molar-refractivity contribution in [1.82, 2.24) is 20.2 Å². The molecule has 33 heavy (non-hydrogen) atoms. The number of halogens is 1. The van der Waals surface area contributed by atoms with Crippen LogP contribution in [-0.2, 0) is 11.3 Å². The molecule has 2 aromatic heterocycles. The molecule has 8 heteroatoms. The highest BCUT2D eigenvalue weighted by atomic mass is 35.5. The van der Waals surface area contributed by atoms with Crippen molar-refractivity contribution in [3.05, 3.63) is 58.9 Å². The van der Waals surface area contributed by atoms with Gasteiger partial charge in [-0.25, -0.2) is 9.97 Å². The van der Waals surface area contributed by atoms with Gasteiger partial charge < -0.3 is 16.4 Å². The molecule has 0 atom stereocenters. The Kier molecular flexibility index (Phi) is 10.4. The van der Waals surface area contributed by atoms with E-state index in [4.69, 9.17) is 17.3 Å². The molecule has 1 aromatic carbocycles. The van der Waals surface area contributed by atoms with Crippen molar-refractivity contribution in [2.24, 2.45) is 0 Å². The Labute approximate surface area is 201 Å². The number of hydrogen-bond donors (Lipinski definition) is 3. The predicted molar refractivity (Wildman–Crippen MR) is 139 cm³/mol. The topological polar surface area (TPSA) is 96.2 Å². The van der Waals surface area contributed by atoms with Crippen LogP contribution in [0.5, 0.6) is 0 Å². The maximum atomic E-state index is 10.2. The fourth-order valence-corrected chi connectivity index (χ4v) is 3.89. The second-order valence-electron chi connectivity index (χ2n) is 8.45. The molecule has 4 N–H and O–H groups in total. The third-order valence-corrected chi connectivity index (χ3v) is 5.50. The van der Waals surface area contributed by atoms with E-state index in [-0.39, 0.29) is 0 Å². The number of hydrogen-bond acceptors (Lipinski definition) is 6. The molecule has 2 heterocycles. The maximum absolute atomic E-state index is 10.2. The van der Waals surface area contributed by atoms with E-state index in [1.165, 1.54) is 0 Å². The highest BCUT2D eigenvalue weighted by Gasteiger charge is 2.12. The Morgan fingerprint density at radius 2 is 1.85 bits per heavy atom. The van der Waals surface area contributed by atoms with Crippen LogP contribution >= 0.6 is 11.6 Å². The van der Waals surface area contributed by atoms with Gasteiger partial charge >= 0.3 is 0 Å². The minimum Gasteiger partial charge on any atom is -0.383 e. The highest BCUT2D eigenvalue weighted by Crippen LogP contribution is 2.20. The number of carbonyl (C=O) groups is 1. The first-order chi connectivity index (χ1) is 15.7. The average molecular weight is 471 g/mol. The van der Waals surface area contributed by atoms with Gasteiger partial charge in [-0.3, -0.25) is 9.69 Å². The van der Waals surface area contributed by atoms with Crippen LogP contribution in [0.3, 0.4) is 0 Å². The molecule has 0 aliphatic rings. The molecule has 0 aliphatic heterocycles. The number of nitrogens with zero attached hydrogens (tertiary/aromatic N) is 3. The first-order valence-electron chi connectivity index (χ1n) is 11.1. The Morgan fingerprint density at radius 1 is 1.12 bits per heavy atom. The summed E-state index contributed by atoms with van der Waals surface area (Å²) in [6.07, 6.45) is 4.19. The summed E-state index contributed by atoms with van der Waals surface area (Å²) in [5.74, 6) is 1.30. The quantitative estimate of drug-likeness (QED) is 0.394. The van der Waals surface area contributed by atoms with Crippen LogP contribution in [0.25, 0.3) is 10.8 Å². The number of amides is 1. The minimum atomic E-state index is 0.529. The summed E-state index contributed by atoms with van der Waals surface area (Å²) in [5.41, 5.74) is 7.85. The average Bonchev–Trinajstić information content (AvgIpc) is 2.76. The van der Waals surface area contributed by atoms with E-state index in [9.17, 15) is 4.79 Å².